The highest BCUT2D eigenvalue weighted by Crippen LogP contribution is 2.32. The summed E-state index contributed by atoms with van der Waals surface area (Å²) in [4.78, 5) is 10.7. The molecule has 3 N–H and O–H groups in total. The van der Waals surface area contributed by atoms with Gasteiger partial charge in [-0.05, 0) is 25.7 Å². The standard InChI is InChI=1S/C8H15NO2/c1-8(9,7(10)11)6-4-2-3-5-6/h6H,2-5,9H2,1H3,(H,10,11). The lowest BCUT2D eigenvalue weighted by molar-refractivity contribution is -0.144. The third-order valence-electron chi connectivity index (χ3n) is 2.66. The topological polar surface area (TPSA) is 63.3 Å². The minimum Gasteiger partial charge on any atom is -0.480 e. The maximum Gasteiger partial charge on any atom is 0.323 e. The van der Waals surface area contributed by atoms with Crippen molar-refractivity contribution < 1.29 is 9.90 Å². The van der Waals surface area contributed by atoms with E-state index in [0.717, 1.165) is 25.7 Å². The molecule has 11 heavy (non-hydrogen) atoms. The second-order valence-electron chi connectivity index (χ2n) is 3.57. The van der Waals surface area contributed by atoms with E-state index in [1.54, 1.807) is 6.92 Å². The molecule has 0 amide bonds. The predicted octanol–water partition coefficient (Wildman–Crippen LogP) is 0.979. The van der Waals surface area contributed by atoms with E-state index in [0.29, 0.717) is 0 Å². The number of carboxylic acid groups (broad SMARTS) is 1. The van der Waals surface area contributed by atoms with E-state index in [1.807, 2.05) is 0 Å². The Morgan fingerprint density at radius 3 is 2.36 bits per heavy atom. The summed E-state index contributed by atoms with van der Waals surface area (Å²) in [6.07, 6.45) is 4.20. The number of aliphatic carboxylic acids is 1. The van der Waals surface area contributed by atoms with Gasteiger partial charge < -0.3 is 10.8 Å². The molecule has 0 radical (unpaired) electrons. The van der Waals surface area contributed by atoms with Crippen LogP contribution in [-0.4, -0.2) is 16.6 Å². The lowest BCUT2D eigenvalue weighted by Gasteiger charge is -2.26. The summed E-state index contributed by atoms with van der Waals surface area (Å²) in [5.41, 5.74) is 4.66. The average molecular weight is 157 g/mol. The highest BCUT2D eigenvalue weighted by Gasteiger charge is 2.38. The molecular formula is C8H15NO2. The number of rotatable bonds is 2. The van der Waals surface area contributed by atoms with Crippen LogP contribution in [0.3, 0.4) is 0 Å². The summed E-state index contributed by atoms with van der Waals surface area (Å²) in [6, 6.07) is 0. The van der Waals surface area contributed by atoms with Gasteiger partial charge in [0.05, 0.1) is 0 Å². The van der Waals surface area contributed by atoms with Crippen molar-refractivity contribution in [3.05, 3.63) is 0 Å². The van der Waals surface area contributed by atoms with E-state index >= 15 is 0 Å². The SMILES string of the molecule is CC(N)(C(=O)O)C1CCCC1. The lowest BCUT2D eigenvalue weighted by Crippen LogP contribution is -2.50. The van der Waals surface area contributed by atoms with Crippen LogP contribution in [0, 0.1) is 5.92 Å². The van der Waals surface area contributed by atoms with E-state index in [9.17, 15) is 4.79 Å². The maximum absolute atomic E-state index is 10.7. The zero-order valence-corrected chi connectivity index (χ0v) is 6.84. The van der Waals surface area contributed by atoms with Crippen molar-refractivity contribution in [3.63, 3.8) is 0 Å². The largest absolute Gasteiger partial charge is 0.480 e. The molecule has 1 saturated carbocycles. The van der Waals surface area contributed by atoms with E-state index < -0.39 is 11.5 Å². The van der Waals surface area contributed by atoms with Gasteiger partial charge in [-0.3, -0.25) is 4.79 Å². The number of carbonyl (C=O) groups is 1. The van der Waals surface area contributed by atoms with Gasteiger partial charge in [-0.15, -0.1) is 0 Å². The molecule has 0 saturated heterocycles. The van der Waals surface area contributed by atoms with Gasteiger partial charge in [0, 0.05) is 0 Å². The molecule has 0 spiro atoms. The molecule has 1 aliphatic rings. The molecule has 1 rings (SSSR count). The molecule has 1 unspecified atom stereocenters. The summed E-state index contributed by atoms with van der Waals surface area (Å²) in [6.45, 7) is 1.62. The van der Waals surface area contributed by atoms with Crippen LogP contribution >= 0.6 is 0 Å². The fourth-order valence-electron chi connectivity index (χ4n) is 1.70. The quantitative estimate of drug-likeness (QED) is 0.628. The van der Waals surface area contributed by atoms with Crippen LogP contribution in [0.25, 0.3) is 0 Å². The summed E-state index contributed by atoms with van der Waals surface area (Å²) < 4.78 is 0. The Bertz CT molecular complexity index is 159. The molecule has 1 aliphatic carbocycles. The van der Waals surface area contributed by atoms with Gasteiger partial charge in [0.15, 0.2) is 0 Å². The van der Waals surface area contributed by atoms with Crippen LogP contribution in [0.1, 0.15) is 32.6 Å². The third-order valence-corrected chi connectivity index (χ3v) is 2.66. The van der Waals surface area contributed by atoms with Gasteiger partial charge >= 0.3 is 5.97 Å². The molecule has 1 fully saturated rings. The molecule has 3 nitrogen and oxygen atoms in total. The van der Waals surface area contributed by atoms with Crippen molar-refractivity contribution >= 4 is 5.97 Å². The van der Waals surface area contributed by atoms with Crippen LogP contribution < -0.4 is 5.73 Å². The molecule has 0 bridgehead atoms. The normalized spacial score (nSPS) is 24.9. The minimum atomic E-state index is -1.00. The first-order valence-electron chi connectivity index (χ1n) is 4.07. The minimum absolute atomic E-state index is 0.181. The van der Waals surface area contributed by atoms with Gasteiger partial charge in [0.25, 0.3) is 0 Å². The molecule has 0 aliphatic heterocycles. The summed E-state index contributed by atoms with van der Waals surface area (Å²) >= 11 is 0. The molecular weight excluding hydrogens is 142 g/mol. The smallest absolute Gasteiger partial charge is 0.323 e. The Balaban J connectivity index is 2.62. The van der Waals surface area contributed by atoms with Crippen LogP contribution in [0.5, 0.6) is 0 Å². The zero-order chi connectivity index (χ0) is 8.48. The fraction of sp³-hybridized carbons (Fsp3) is 0.875. The van der Waals surface area contributed by atoms with Gasteiger partial charge in [0.1, 0.15) is 5.54 Å². The Morgan fingerprint density at radius 2 is 2.00 bits per heavy atom. The first-order chi connectivity index (χ1) is 5.05. The summed E-state index contributed by atoms with van der Waals surface area (Å²) in [7, 11) is 0. The van der Waals surface area contributed by atoms with Crippen molar-refractivity contribution in [2.45, 2.75) is 38.1 Å². The van der Waals surface area contributed by atoms with E-state index in [-0.39, 0.29) is 5.92 Å². The van der Waals surface area contributed by atoms with Crippen molar-refractivity contribution in [2.24, 2.45) is 11.7 Å². The molecule has 0 aromatic rings. The van der Waals surface area contributed by atoms with E-state index in [4.69, 9.17) is 10.8 Å². The number of hydrogen-bond donors (Lipinski definition) is 2. The van der Waals surface area contributed by atoms with Crippen LogP contribution in [0.15, 0.2) is 0 Å². The molecule has 64 valence electrons. The maximum atomic E-state index is 10.7. The number of carboxylic acids is 1. The molecule has 1 atom stereocenters. The molecule has 0 aromatic carbocycles. The van der Waals surface area contributed by atoms with E-state index in [2.05, 4.69) is 0 Å². The first kappa shape index (κ1) is 8.53. The monoisotopic (exact) mass is 157 g/mol. The Labute approximate surface area is 66.6 Å². The highest BCUT2D eigenvalue weighted by molar-refractivity contribution is 5.78. The zero-order valence-electron chi connectivity index (χ0n) is 6.84. The van der Waals surface area contributed by atoms with Crippen LogP contribution in [-0.2, 0) is 4.79 Å². The van der Waals surface area contributed by atoms with Gasteiger partial charge in [-0.25, -0.2) is 0 Å². The van der Waals surface area contributed by atoms with E-state index in [1.165, 1.54) is 0 Å². The Hall–Kier alpha value is -0.570. The predicted molar refractivity (Wildman–Crippen MR) is 42.2 cm³/mol. The molecule has 3 heteroatoms. The van der Waals surface area contributed by atoms with Crippen molar-refractivity contribution in [2.75, 3.05) is 0 Å². The van der Waals surface area contributed by atoms with Crippen molar-refractivity contribution in [3.8, 4) is 0 Å². The third kappa shape index (κ3) is 1.53. The first-order valence-corrected chi connectivity index (χ1v) is 4.07. The van der Waals surface area contributed by atoms with Gasteiger partial charge in [-0.2, -0.15) is 0 Å². The number of nitrogens with two attached hydrogens (primary N) is 1. The average Bonchev–Trinajstić information content (AvgIpc) is 2.37. The second-order valence-corrected chi connectivity index (χ2v) is 3.57. The Kier molecular flexibility index (Phi) is 2.18. The molecule has 0 aromatic heterocycles. The van der Waals surface area contributed by atoms with Crippen molar-refractivity contribution in [1.29, 1.82) is 0 Å². The van der Waals surface area contributed by atoms with Gasteiger partial charge in [-0.1, -0.05) is 12.8 Å². The fourth-order valence-corrected chi connectivity index (χ4v) is 1.70. The highest BCUT2D eigenvalue weighted by atomic mass is 16.4. The number of hydrogen-bond acceptors (Lipinski definition) is 2. The second kappa shape index (κ2) is 2.81. The van der Waals surface area contributed by atoms with Crippen molar-refractivity contribution in [1.82, 2.24) is 0 Å². The molecule has 0 heterocycles. The van der Waals surface area contributed by atoms with Crippen LogP contribution in [0.2, 0.25) is 0 Å². The summed E-state index contributed by atoms with van der Waals surface area (Å²) in [5, 5.41) is 8.78. The van der Waals surface area contributed by atoms with Gasteiger partial charge in [0.2, 0.25) is 0 Å². The lowest BCUT2D eigenvalue weighted by atomic mass is 9.85. The van der Waals surface area contributed by atoms with Crippen LogP contribution in [0.4, 0.5) is 0 Å². The summed E-state index contributed by atoms with van der Waals surface area (Å²) in [5.74, 6) is -0.690. The Morgan fingerprint density at radius 1 is 1.55 bits per heavy atom.